The van der Waals surface area contributed by atoms with Gasteiger partial charge >= 0.3 is 0 Å². The van der Waals surface area contributed by atoms with E-state index < -0.39 is 18.3 Å². The molecular weight excluding hydrogens is 352 g/mol. The van der Waals surface area contributed by atoms with E-state index in [9.17, 15) is 8.42 Å². The molecule has 1 rings (SSSR count). The Balaban J connectivity index is 2.89. The lowest BCUT2D eigenvalue weighted by Crippen LogP contribution is -2.39. The number of hydrogen-bond acceptors (Lipinski definition) is 4. The lowest BCUT2D eigenvalue weighted by atomic mass is 10.2. The number of sulfonamides is 1. The first kappa shape index (κ1) is 21.6. The number of hydrogen-bond donors (Lipinski definition) is 0. The molecule has 0 aromatic heterocycles. The Morgan fingerprint density at radius 3 is 2.24 bits per heavy atom. The smallest absolute Gasteiger partial charge is 0.286 e. The lowest BCUT2D eigenvalue weighted by molar-refractivity contribution is 0.308. The maximum atomic E-state index is 12.8. The minimum absolute atomic E-state index is 0.0408. The topological polar surface area (TPSA) is 59.0 Å². The molecule has 0 radical (unpaired) electrons. The molecule has 0 N–H and O–H groups in total. The summed E-state index contributed by atoms with van der Waals surface area (Å²) in [6.45, 7) is 16.5. The first-order valence-electron chi connectivity index (χ1n) is 8.29. The van der Waals surface area contributed by atoms with Crippen LogP contribution in [-0.2, 0) is 14.6 Å². The van der Waals surface area contributed by atoms with Gasteiger partial charge in [0.05, 0.1) is 17.7 Å². The number of benzene rings is 1. The van der Waals surface area contributed by atoms with Gasteiger partial charge in [-0.2, -0.15) is 4.31 Å². The van der Waals surface area contributed by atoms with Crippen LogP contribution < -0.4 is 0 Å². The van der Waals surface area contributed by atoms with E-state index in [1.165, 1.54) is 10.5 Å². The third kappa shape index (κ3) is 5.80. The molecule has 0 heterocycles. The molecule has 0 atom stereocenters. The highest BCUT2D eigenvalue weighted by molar-refractivity contribution is 7.89. The summed E-state index contributed by atoms with van der Waals surface area (Å²) >= 11 is 0. The Bertz CT molecular complexity index is 705. The monoisotopic (exact) mass is 382 g/mol. The summed E-state index contributed by atoms with van der Waals surface area (Å²) in [6, 6.07) is 6.80. The summed E-state index contributed by atoms with van der Waals surface area (Å²) in [4.78, 5) is 0.263. The Hall–Kier alpha value is -1.44. The van der Waals surface area contributed by atoms with E-state index in [-0.39, 0.29) is 23.0 Å². The summed E-state index contributed by atoms with van der Waals surface area (Å²) in [7, 11) is -5.60. The van der Waals surface area contributed by atoms with Crippen LogP contribution in [0.4, 0.5) is 0 Å². The van der Waals surface area contributed by atoms with Gasteiger partial charge < -0.3 is 4.53 Å². The van der Waals surface area contributed by atoms with Crippen molar-refractivity contribution in [1.82, 2.24) is 4.31 Å². The second kappa shape index (κ2) is 8.29. The van der Waals surface area contributed by atoms with Crippen molar-refractivity contribution < 1.29 is 12.9 Å². The summed E-state index contributed by atoms with van der Waals surface area (Å²) < 4.78 is 32.6. The zero-order valence-corrected chi connectivity index (χ0v) is 17.9. The van der Waals surface area contributed by atoms with E-state index in [0.717, 1.165) is 5.56 Å². The van der Waals surface area contributed by atoms with Crippen LogP contribution in [0.25, 0.3) is 0 Å². The van der Waals surface area contributed by atoms with Crippen molar-refractivity contribution in [2.24, 2.45) is 5.16 Å². The predicted molar refractivity (Wildman–Crippen MR) is 107 cm³/mol. The van der Waals surface area contributed by atoms with Crippen LogP contribution in [0.3, 0.4) is 0 Å². The molecule has 1 aromatic rings. The molecule has 0 unspecified atom stereocenters. The molecule has 0 bridgehead atoms. The molecule has 0 saturated heterocycles. The van der Waals surface area contributed by atoms with E-state index in [0.29, 0.717) is 0 Å². The van der Waals surface area contributed by atoms with Gasteiger partial charge in [-0.1, -0.05) is 44.5 Å². The van der Waals surface area contributed by atoms with E-state index in [4.69, 9.17) is 4.53 Å². The van der Waals surface area contributed by atoms with Gasteiger partial charge in [-0.25, -0.2) is 8.42 Å². The third-order valence-electron chi connectivity index (χ3n) is 4.44. The van der Waals surface area contributed by atoms with Crippen LogP contribution in [-0.4, -0.2) is 40.3 Å². The van der Waals surface area contributed by atoms with Crippen molar-refractivity contribution in [2.75, 3.05) is 13.1 Å². The Morgan fingerprint density at radius 2 is 1.76 bits per heavy atom. The highest BCUT2D eigenvalue weighted by atomic mass is 32.2. The average molecular weight is 383 g/mol. The molecule has 5 nitrogen and oxygen atoms in total. The second-order valence-electron chi connectivity index (χ2n) is 7.56. The van der Waals surface area contributed by atoms with Gasteiger partial charge in [-0.3, -0.25) is 0 Å². The lowest BCUT2D eigenvalue weighted by Gasteiger charge is -2.33. The van der Waals surface area contributed by atoms with Gasteiger partial charge in [0, 0.05) is 6.54 Å². The van der Waals surface area contributed by atoms with Crippen LogP contribution in [0.1, 0.15) is 26.3 Å². The van der Waals surface area contributed by atoms with E-state index in [1.54, 1.807) is 30.3 Å². The van der Waals surface area contributed by atoms with Crippen LogP contribution in [0, 0.1) is 6.92 Å². The van der Waals surface area contributed by atoms with Crippen molar-refractivity contribution >= 4 is 24.6 Å². The molecule has 0 aliphatic rings. The van der Waals surface area contributed by atoms with Crippen LogP contribution in [0.15, 0.2) is 47.0 Å². The van der Waals surface area contributed by atoms with Crippen molar-refractivity contribution in [2.45, 2.75) is 50.7 Å². The zero-order chi connectivity index (χ0) is 19.3. The number of nitrogens with zero attached hydrogens (tertiary/aromatic N) is 2. The summed E-state index contributed by atoms with van der Waals surface area (Å²) in [6.07, 6.45) is 3.07. The molecule has 0 amide bonds. The molecule has 0 aliphatic heterocycles. The summed E-state index contributed by atoms with van der Waals surface area (Å²) in [5.74, 6) is 0. The fraction of sp³-hybridized carbons (Fsp3) is 0.500. The maximum Gasteiger partial charge on any atom is 0.286 e. The molecular formula is C18H30N2O3SSi. The van der Waals surface area contributed by atoms with E-state index in [1.807, 2.05) is 6.92 Å². The van der Waals surface area contributed by atoms with E-state index in [2.05, 4.69) is 45.6 Å². The summed E-state index contributed by atoms with van der Waals surface area (Å²) in [5.41, 5.74) is 1.01. The SMILES string of the molecule is C=CCN(C/C=N/O[Si](C)(C)C(C)(C)C)S(=O)(=O)c1ccc(C)cc1. The third-order valence-corrected chi connectivity index (χ3v) is 10.5. The van der Waals surface area contributed by atoms with Crippen LogP contribution in [0.2, 0.25) is 18.1 Å². The number of oxime groups is 1. The van der Waals surface area contributed by atoms with Gasteiger partial charge in [0.1, 0.15) is 0 Å². The van der Waals surface area contributed by atoms with Crippen LogP contribution in [0.5, 0.6) is 0 Å². The summed E-state index contributed by atoms with van der Waals surface area (Å²) in [5, 5.41) is 4.09. The first-order chi connectivity index (χ1) is 11.4. The minimum atomic E-state index is -3.60. The van der Waals surface area contributed by atoms with Crippen molar-refractivity contribution in [3.63, 3.8) is 0 Å². The first-order valence-corrected chi connectivity index (χ1v) is 12.6. The molecule has 1 aromatic carbocycles. The van der Waals surface area contributed by atoms with Crippen molar-refractivity contribution in [3.8, 4) is 0 Å². The molecule has 0 spiro atoms. The fourth-order valence-electron chi connectivity index (χ4n) is 1.70. The van der Waals surface area contributed by atoms with Gasteiger partial charge in [0.25, 0.3) is 8.32 Å². The number of rotatable bonds is 8. The molecule has 7 heteroatoms. The van der Waals surface area contributed by atoms with Crippen molar-refractivity contribution in [3.05, 3.63) is 42.5 Å². The minimum Gasteiger partial charge on any atom is -0.455 e. The normalized spacial score (nSPS) is 13.4. The largest absolute Gasteiger partial charge is 0.455 e. The van der Waals surface area contributed by atoms with Gasteiger partial charge in [0.15, 0.2) is 0 Å². The molecule has 0 aliphatic carbocycles. The predicted octanol–water partition coefficient (Wildman–Crippen LogP) is 4.18. The van der Waals surface area contributed by atoms with Gasteiger partial charge in [0.2, 0.25) is 10.0 Å². The average Bonchev–Trinajstić information content (AvgIpc) is 2.49. The van der Waals surface area contributed by atoms with Crippen molar-refractivity contribution in [1.29, 1.82) is 0 Å². The number of aryl methyl sites for hydroxylation is 1. The van der Waals surface area contributed by atoms with Gasteiger partial charge in [-0.05, 0) is 37.2 Å². The zero-order valence-electron chi connectivity index (χ0n) is 16.1. The Morgan fingerprint density at radius 1 is 1.20 bits per heavy atom. The highest BCUT2D eigenvalue weighted by Gasteiger charge is 2.39. The van der Waals surface area contributed by atoms with E-state index >= 15 is 0 Å². The van der Waals surface area contributed by atoms with Crippen LogP contribution >= 0.6 is 0 Å². The van der Waals surface area contributed by atoms with Gasteiger partial charge in [-0.15, -0.1) is 11.7 Å². The Kier molecular flexibility index (Phi) is 7.16. The quantitative estimate of drug-likeness (QED) is 0.293. The fourth-order valence-corrected chi connectivity index (χ4v) is 3.66. The molecule has 25 heavy (non-hydrogen) atoms. The molecule has 0 saturated carbocycles. The second-order valence-corrected chi connectivity index (χ2v) is 14.2. The molecule has 140 valence electrons. The standard InChI is InChI=1S/C18H30N2O3SSi/c1-8-14-20(15-13-19-23-25(6,7)18(3,4)5)24(21,22)17-11-9-16(2)10-12-17/h8-13H,1,14-15H2,2-7H3/b19-13+. The Labute approximate surface area is 153 Å². The molecule has 0 fully saturated rings. The maximum absolute atomic E-state index is 12.8. The highest BCUT2D eigenvalue weighted by Crippen LogP contribution is 2.36.